The van der Waals surface area contributed by atoms with Gasteiger partial charge in [0.1, 0.15) is 0 Å². The van der Waals surface area contributed by atoms with Gasteiger partial charge < -0.3 is 16.0 Å². The van der Waals surface area contributed by atoms with Crippen LogP contribution in [0.15, 0.2) is 24.3 Å². The lowest BCUT2D eigenvalue weighted by Gasteiger charge is -2.34. The summed E-state index contributed by atoms with van der Waals surface area (Å²) in [6, 6.07) is 7.72. The Bertz CT molecular complexity index is 438. The largest absolute Gasteiger partial charge is 0.399 e. The molecule has 1 amide bonds. The van der Waals surface area contributed by atoms with Gasteiger partial charge in [-0.3, -0.25) is 9.69 Å². The van der Waals surface area contributed by atoms with Gasteiger partial charge >= 0.3 is 0 Å². The molecule has 3 N–H and O–H groups in total. The molecular formula is C15H24N4O. The fraction of sp³-hybridized carbons (Fsp3) is 0.533. The topological polar surface area (TPSA) is 61.6 Å². The first-order valence-corrected chi connectivity index (χ1v) is 7.09. The predicted molar refractivity (Wildman–Crippen MR) is 82.6 cm³/mol. The minimum absolute atomic E-state index is 0.0243. The number of piperidine rings is 1. The average molecular weight is 276 g/mol. The number of nitrogens with one attached hydrogen (secondary N) is 1. The highest BCUT2D eigenvalue weighted by molar-refractivity contribution is 5.92. The van der Waals surface area contributed by atoms with Crippen molar-refractivity contribution in [3.63, 3.8) is 0 Å². The lowest BCUT2D eigenvalue weighted by molar-refractivity contribution is -0.117. The maximum Gasteiger partial charge on any atom is 0.238 e. The summed E-state index contributed by atoms with van der Waals surface area (Å²) in [7, 11) is 4.17. The van der Waals surface area contributed by atoms with Crippen LogP contribution < -0.4 is 11.1 Å². The average Bonchev–Trinajstić information content (AvgIpc) is 2.42. The minimum Gasteiger partial charge on any atom is -0.399 e. The van der Waals surface area contributed by atoms with Crippen molar-refractivity contribution in [1.82, 2.24) is 9.80 Å². The second-order valence-electron chi connectivity index (χ2n) is 5.62. The van der Waals surface area contributed by atoms with Gasteiger partial charge in [0.2, 0.25) is 5.91 Å². The zero-order chi connectivity index (χ0) is 14.5. The molecule has 0 radical (unpaired) electrons. The molecule has 5 nitrogen and oxygen atoms in total. The summed E-state index contributed by atoms with van der Waals surface area (Å²) in [5.41, 5.74) is 7.12. The zero-order valence-corrected chi connectivity index (χ0v) is 12.3. The van der Waals surface area contributed by atoms with Crippen LogP contribution in [0.25, 0.3) is 0 Å². The molecule has 0 aliphatic carbocycles. The lowest BCUT2D eigenvalue weighted by Crippen LogP contribution is -2.44. The molecule has 1 heterocycles. The number of anilines is 2. The van der Waals surface area contributed by atoms with Gasteiger partial charge in [-0.05, 0) is 64.3 Å². The summed E-state index contributed by atoms with van der Waals surface area (Å²) in [5.74, 6) is 0.0243. The quantitative estimate of drug-likeness (QED) is 0.812. The van der Waals surface area contributed by atoms with E-state index in [2.05, 4.69) is 22.2 Å². The number of amides is 1. The van der Waals surface area contributed by atoms with Crippen molar-refractivity contribution in [1.29, 1.82) is 0 Å². The molecular weight excluding hydrogens is 252 g/mol. The van der Waals surface area contributed by atoms with Crippen molar-refractivity contribution in [2.75, 3.05) is 44.8 Å². The van der Waals surface area contributed by atoms with Crippen molar-refractivity contribution in [2.45, 2.75) is 18.9 Å². The van der Waals surface area contributed by atoms with E-state index in [4.69, 9.17) is 5.73 Å². The summed E-state index contributed by atoms with van der Waals surface area (Å²) in [5, 5.41) is 2.90. The number of nitrogens with two attached hydrogens (primary N) is 1. The van der Waals surface area contributed by atoms with Crippen LogP contribution >= 0.6 is 0 Å². The molecule has 1 fully saturated rings. The standard InChI is InChI=1S/C15H24N4O/c1-18-9-7-14(8-10-18)19(2)11-15(20)17-13-5-3-12(16)4-6-13/h3-6,14H,7-11,16H2,1-2H3,(H,17,20). The number of hydrogen-bond acceptors (Lipinski definition) is 4. The molecule has 2 rings (SSSR count). The molecule has 0 unspecified atom stereocenters. The van der Waals surface area contributed by atoms with Gasteiger partial charge in [-0.25, -0.2) is 0 Å². The van der Waals surface area contributed by atoms with Gasteiger partial charge in [0.05, 0.1) is 6.54 Å². The maximum absolute atomic E-state index is 12.0. The number of likely N-dealkylation sites (N-methyl/N-ethyl adjacent to an activating group) is 1. The van der Waals surface area contributed by atoms with E-state index in [-0.39, 0.29) is 5.91 Å². The van der Waals surface area contributed by atoms with Gasteiger partial charge in [0.15, 0.2) is 0 Å². The summed E-state index contributed by atoms with van der Waals surface area (Å²) >= 11 is 0. The second-order valence-corrected chi connectivity index (χ2v) is 5.62. The fourth-order valence-corrected chi connectivity index (χ4v) is 2.56. The molecule has 0 aromatic heterocycles. The van der Waals surface area contributed by atoms with Crippen molar-refractivity contribution in [2.24, 2.45) is 0 Å². The van der Waals surface area contributed by atoms with Crippen molar-refractivity contribution < 1.29 is 4.79 Å². The zero-order valence-electron chi connectivity index (χ0n) is 12.3. The first-order chi connectivity index (χ1) is 9.54. The Morgan fingerprint density at radius 2 is 1.95 bits per heavy atom. The summed E-state index contributed by atoms with van der Waals surface area (Å²) < 4.78 is 0. The fourth-order valence-electron chi connectivity index (χ4n) is 2.56. The van der Waals surface area contributed by atoms with E-state index < -0.39 is 0 Å². The van der Waals surface area contributed by atoms with Crippen molar-refractivity contribution in [3.8, 4) is 0 Å². The van der Waals surface area contributed by atoms with E-state index in [0.717, 1.165) is 31.6 Å². The molecule has 0 saturated carbocycles. The normalized spacial score (nSPS) is 17.4. The maximum atomic E-state index is 12.0. The minimum atomic E-state index is 0.0243. The Labute approximate surface area is 120 Å². The van der Waals surface area contributed by atoms with Gasteiger partial charge in [-0.2, -0.15) is 0 Å². The number of hydrogen-bond donors (Lipinski definition) is 2. The van der Waals surface area contributed by atoms with Gasteiger partial charge in [-0.1, -0.05) is 0 Å². The second kappa shape index (κ2) is 6.72. The Kier molecular flexibility index (Phi) is 4.98. The molecule has 1 aromatic carbocycles. The molecule has 0 spiro atoms. The molecule has 0 bridgehead atoms. The van der Waals surface area contributed by atoms with Crippen LogP contribution in [0, 0.1) is 0 Å². The van der Waals surface area contributed by atoms with Crippen LogP contribution in [0.2, 0.25) is 0 Å². The molecule has 110 valence electrons. The molecule has 1 saturated heterocycles. The van der Waals surface area contributed by atoms with Gasteiger partial charge in [0, 0.05) is 17.4 Å². The van der Waals surface area contributed by atoms with Crippen molar-refractivity contribution in [3.05, 3.63) is 24.3 Å². The number of nitrogens with zero attached hydrogens (tertiary/aromatic N) is 2. The molecule has 20 heavy (non-hydrogen) atoms. The number of carbonyl (C=O) groups excluding carboxylic acids is 1. The van der Waals surface area contributed by atoms with E-state index >= 15 is 0 Å². The number of nitrogen functional groups attached to an aromatic ring is 1. The van der Waals surface area contributed by atoms with Crippen LogP contribution in [-0.2, 0) is 4.79 Å². The van der Waals surface area contributed by atoms with E-state index in [1.165, 1.54) is 0 Å². The third kappa shape index (κ3) is 4.21. The number of carbonyl (C=O) groups is 1. The lowest BCUT2D eigenvalue weighted by atomic mass is 10.0. The van der Waals surface area contributed by atoms with Crippen LogP contribution in [0.5, 0.6) is 0 Å². The number of rotatable bonds is 4. The highest BCUT2D eigenvalue weighted by atomic mass is 16.2. The van der Waals surface area contributed by atoms with Gasteiger partial charge in [-0.15, -0.1) is 0 Å². The highest BCUT2D eigenvalue weighted by Gasteiger charge is 2.21. The molecule has 0 atom stereocenters. The molecule has 5 heteroatoms. The first-order valence-electron chi connectivity index (χ1n) is 7.09. The monoisotopic (exact) mass is 276 g/mol. The number of benzene rings is 1. The highest BCUT2D eigenvalue weighted by Crippen LogP contribution is 2.14. The van der Waals surface area contributed by atoms with Crippen LogP contribution in [-0.4, -0.2) is 55.5 Å². The smallest absolute Gasteiger partial charge is 0.238 e. The van der Waals surface area contributed by atoms with E-state index in [0.29, 0.717) is 18.3 Å². The van der Waals surface area contributed by atoms with Crippen LogP contribution in [0.1, 0.15) is 12.8 Å². The van der Waals surface area contributed by atoms with E-state index in [9.17, 15) is 4.79 Å². The summed E-state index contributed by atoms with van der Waals surface area (Å²) in [6.07, 6.45) is 2.25. The Morgan fingerprint density at radius 3 is 2.55 bits per heavy atom. The summed E-state index contributed by atoms with van der Waals surface area (Å²) in [4.78, 5) is 16.5. The SMILES string of the molecule is CN1CCC(N(C)CC(=O)Nc2ccc(N)cc2)CC1. The van der Waals surface area contributed by atoms with Crippen molar-refractivity contribution >= 4 is 17.3 Å². The first kappa shape index (κ1) is 14.8. The molecule has 1 aliphatic heterocycles. The Morgan fingerprint density at radius 1 is 1.35 bits per heavy atom. The van der Waals surface area contributed by atoms with Crippen LogP contribution in [0.4, 0.5) is 11.4 Å². The van der Waals surface area contributed by atoms with E-state index in [1.54, 1.807) is 12.1 Å². The van der Waals surface area contributed by atoms with Crippen LogP contribution in [0.3, 0.4) is 0 Å². The van der Waals surface area contributed by atoms with Gasteiger partial charge in [0.25, 0.3) is 0 Å². The third-order valence-electron chi connectivity index (χ3n) is 3.90. The Hall–Kier alpha value is -1.59. The summed E-state index contributed by atoms with van der Waals surface area (Å²) in [6.45, 7) is 2.64. The number of likely N-dealkylation sites (tertiary alicyclic amines) is 1. The molecule has 1 aliphatic rings. The van der Waals surface area contributed by atoms with E-state index in [1.807, 2.05) is 19.2 Å². The predicted octanol–water partition coefficient (Wildman–Crippen LogP) is 1.23. The molecule has 1 aromatic rings. The Balaban J connectivity index is 1.80. The third-order valence-corrected chi connectivity index (χ3v) is 3.90.